The molecule has 109 valence electrons. The second kappa shape index (κ2) is 11.0. The van der Waals surface area contributed by atoms with Crippen LogP contribution in [0.4, 0.5) is 0 Å². The Labute approximate surface area is 122 Å². The van der Waals surface area contributed by atoms with Crippen molar-refractivity contribution in [1.82, 2.24) is 4.90 Å². The van der Waals surface area contributed by atoms with Crippen LogP contribution >= 0.6 is 7.60 Å². The Hall–Kier alpha value is 0.164. The molecule has 0 aromatic carbocycles. The summed E-state index contributed by atoms with van der Waals surface area (Å²) in [6, 6.07) is 0.0396. The predicted molar refractivity (Wildman–Crippen MR) is 67.1 cm³/mol. The van der Waals surface area contributed by atoms with Gasteiger partial charge >= 0.3 is 13.6 Å². The summed E-state index contributed by atoms with van der Waals surface area (Å²) in [5.74, 6) is -0.382. The molecule has 0 fully saturated rings. The van der Waals surface area contributed by atoms with E-state index in [1.54, 1.807) is 4.90 Å². The monoisotopic (exact) mass is 320 g/mol. The summed E-state index contributed by atoms with van der Waals surface area (Å²) in [7, 11) is 0.814. The quantitative estimate of drug-likeness (QED) is 0.528. The smallest absolute Gasteiger partial charge is 0.344 e. The second-order valence-electron chi connectivity index (χ2n) is 3.53. The van der Waals surface area contributed by atoms with Gasteiger partial charge in [0.25, 0.3) is 0 Å². The Bertz CT molecular complexity index is 267. The molecule has 0 rings (SSSR count). The molecular weight excluding hydrogens is 296 g/mol. The first kappa shape index (κ1) is 23.3. The number of hydrogen-bond donors (Lipinski definition) is 0. The van der Waals surface area contributed by atoms with E-state index in [0.29, 0.717) is 0 Å². The standard InChI is InChI=1S/C9H20NO5P.CH4.V/c1-8(2)10(6-9(11)13-3)7-16(12,14-4)15-5;;/h8H,6-7H2,1-5H3;1H4;. The normalized spacial score (nSPS) is 10.8. The topological polar surface area (TPSA) is 65.1 Å². The molecule has 0 N–H and O–H groups in total. The van der Waals surface area contributed by atoms with Gasteiger partial charge < -0.3 is 13.8 Å². The van der Waals surface area contributed by atoms with Gasteiger partial charge in [0.15, 0.2) is 0 Å². The van der Waals surface area contributed by atoms with Gasteiger partial charge in [0.1, 0.15) is 6.29 Å². The number of esters is 1. The van der Waals surface area contributed by atoms with Gasteiger partial charge in [0.05, 0.1) is 13.7 Å². The van der Waals surface area contributed by atoms with E-state index < -0.39 is 7.60 Å². The van der Waals surface area contributed by atoms with Gasteiger partial charge in [-0.2, -0.15) is 0 Å². The van der Waals surface area contributed by atoms with Gasteiger partial charge in [-0.25, -0.2) is 0 Å². The largest absolute Gasteiger partial charge is 0.468 e. The summed E-state index contributed by atoms with van der Waals surface area (Å²) in [5, 5.41) is 0. The molecule has 0 saturated heterocycles. The maximum absolute atomic E-state index is 11.9. The Morgan fingerprint density at radius 2 is 1.67 bits per heavy atom. The van der Waals surface area contributed by atoms with Crippen LogP contribution in [-0.4, -0.2) is 51.1 Å². The molecule has 0 saturated carbocycles. The average Bonchev–Trinajstić information content (AvgIpc) is 2.27. The number of rotatable bonds is 7. The summed E-state index contributed by atoms with van der Waals surface area (Å²) < 4.78 is 26.1. The van der Waals surface area contributed by atoms with Crippen molar-refractivity contribution in [3.8, 4) is 0 Å². The van der Waals surface area contributed by atoms with Crippen LogP contribution in [0.15, 0.2) is 0 Å². The van der Waals surface area contributed by atoms with Gasteiger partial charge in [-0.1, -0.05) is 7.43 Å². The van der Waals surface area contributed by atoms with Gasteiger partial charge in [-0.15, -0.1) is 0 Å². The first-order chi connectivity index (χ1) is 7.38. The number of carbonyl (C=O) groups excluding carboxylic acids is 1. The molecular formula is C10H24NO5PV. The molecule has 0 aromatic heterocycles. The minimum atomic E-state index is -3.14. The molecule has 1 radical (unpaired) electrons. The van der Waals surface area contributed by atoms with Crippen LogP contribution in [0.2, 0.25) is 0 Å². The van der Waals surface area contributed by atoms with Crippen molar-refractivity contribution in [1.29, 1.82) is 0 Å². The van der Waals surface area contributed by atoms with Crippen LogP contribution in [0.3, 0.4) is 0 Å². The molecule has 0 bridgehead atoms. The second-order valence-corrected chi connectivity index (χ2v) is 5.77. The molecule has 0 aliphatic carbocycles. The van der Waals surface area contributed by atoms with Crippen molar-refractivity contribution in [2.24, 2.45) is 0 Å². The van der Waals surface area contributed by atoms with Crippen LogP contribution in [0, 0.1) is 0 Å². The number of nitrogens with zero attached hydrogens (tertiary/aromatic N) is 1. The van der Waals surface area contributed by atoms with E-state index in [1.807, 2.05) is 13.8 Å². The molecule has 0 aromatic rings. The predicted octanol–water partition coefficient (Wildman–Crippen LogP) is 1.95. The van der Waals surface area contributed by atoms with Crippen molar-refractivity contribution in [3.63, 3.8) is 0 Å². The first-order valence-electron chi connectivity index (χ1n) is 4.90. The molecule has 6 nitrogen and oxygen atoms in total. The summed E-state index contributed by atoms with van der Waals surface area (Å²) in [6.07, 6.45) is 0.0623. The summed E-state index contributed by atoms with van der Waals surface area (Å²) in [4.78, 5) is 12.8. The average molecular weight is 320 g/mol. The van der Waals surface area contributed by atoms with E-state index in [4.69, 9.17) is 9.05 Å². The van der Waals surface area contributed by atoms with Crippen LogP contribution < -0.4 is 0 Å². The van der Waals surface area contributed by atoms with E-state index in [1.165, 1.54) is 21.3 Å². The van der Waals surface area contributed by atoms with E-state index in [2.05, 4.69) is 4.74 Å². The number of hydrogen-bond acceptors (Lipinski definition) is 6. The zero-order valence-electron chi connectivity index (χ0n) is 10.9. The fourth-order valence-electron chi connectivity index (χ4n) is 1.04. The Kier molecular flexibility index (Phi) is 14.3. The van der Waals surface area contributed by atoms with E-state index >= 15 is 0 Å². The zero-order chi connectivity index (χ0) is 12.8. The summed E-state index contributed by atoms with van der Waals surface area (Å²) in [6.45, 7) is 3.84. The van der Waals surface area contributed by atoms with E-state index in [9.17, 15) is 9.36 Å². The Morgan fingerprint density at radius 3 is 1.94 bits per heavy atom. The third-order valence-corrected chi connectivity index (χ3v) is 4.02. The molecule has 8 heteroatoms. The Balaban J connectivity index is -0.00000112. The first-order valence-corrected chi connectivity index (χ1v) is 6.62. The van der Waals surface area contributed by atoms with Crippen LogP contribution in [-0.2, 0) is 41.7 Å². The Morgan fingerprint density at radius 1 is 1.22 bits per heavy atom. The maximum atomic E-state index is 11.9. The number of methoxy groups -OCH3 is 1. The minimum Gasteiger partial charge on any atom is -0.468 e. The molecule has 0 heterocycles. The fraction of sp³-hybridized carbons (Fsp3) is 0.900. The van der Waals surface area contributed by atoms with Crippen LogP contribution in [0.5, 0.6) is 0 Å². The van der Waals surface area contributed by atoms with Gasteiger partial charge in [-0.3, -0.25) is 14.3 Å². The van der Waals surface area contributed by atoms with E-state index in [0.717, 1.165) is 0 Å². The van der Waals surface area contributed by atoms with Crippen molar-refractivity contribution in [2.75, 3.05) is 34.2 Å². The van der Waals surface area contributed by atoms with Crippen molar-refractivity contribution in [2.45, 2.75) is 27.3 Å². The molecule has 0 aliphatic heterocycles. The SMILES string of the molecule is C.COC(=O)CN(CP(=O)(OC)OC)C(C)C.[V]. The number of carbonyl (C=O) groups is 1. The zero-order valence-corrected chi connectivity index (χ0v) is 13.2. The van der Waals surface area contributed by atoms with E-state index in [-0.39, 0.29) is 50.8 Å². The molecule has 0 unspecified atom stereocenters. The third kappa shape index (κ3) is 8.30. The van der Waals surface area contributed by atoms with Gasteiger partial charge in [-0.05, 0) is 13.8 Å². The van der Waals surface area contributed by atoms with Gasteiger partial charge in [0, 0.05) is 38.8 Å². The van der Waals surface area contributed by atoms with Gasteiger partial charge in [0.2, 0.25) is 0 Å². The molecule has 0 aliphatic rings. The molecule has 0 spiro atoms. The summed E-state index contributed by atoms with van der Waals surface area (Å²) >= 11 is 0. The van der Waals surface area contributed by atoms with Crippen molar-refractivity contribution < 1.29 is 41.7 Å². The molecule has 0 amide bonds. The van der Waals surface area contributed by atoms with Crippen molar-refractivity contribution >= 4 is 13.6 Å². The summed E-state index contributed by atoms with van der Waals surface area (Å²) in [5.41, 5.74) is 0. The minimum absolute atomic E-state index is 0. The van der Waals surface area contributed by atoms with Crippen molar-refractivity contribution in [3.05, 3.63) is 0 Å². The third-order valence-electron chi connectivity index (χ3n) is 2.20. The molecule has 0 atom stereocenters. The van der Waals surface area contributed by atoms with Crippen LogP contribution in [0.25, 0.3) is 0 Å². The molecule has 18 heavy (non-hydrogen) atoms. The fourth-order valence-corrected chi connectivity index (χ4v) is 2.29. The van der Waals surface area contributed by atoms with Crippen LogP contribution in [0.1, 0.15) is 21.3 Å². The maximum Gasteiger partial charge on any atom is 0.344 e. The number of ether oxygens (including phenoxy) is 1.